The van der Waals surface area contributed by atoms with Crippen molar-refractivity contribution >= 4 is 22.9 Å². The first-order chi connectivity index (χ1) is 6.76. The molecule has 0 bridgehead atoms. The maximum absolute atomic E-state index is 5.74. The van der Waals surface area contributed by atoms with Crippen molar-refractivity contribution in [2.75, 3.05) is 13.1 Å². The molecule has 0 amide bonds. The van der Waals surface area contributed by atoms with Crippen molar-refractivity contribution < 1.29 is 0 Å². The second kappa shape index (κ2) is 3.15. The van der Waals surface area contributed by atoms with Gasteiger partial charge in [0, 0.05) is 6.54 Å². The van der Waals surface area contributed by atoms with Crippen LogP contribution < -0.4 is 0 Å². The zero-order chi connectivity index (χ0) is 9.60. The molecule has 2 aliphatic rings. The number of nitrogens with zero attached hydrogens (tertiary/aromatic N) is 3. The lowest BCUT2D eigenvalue weighted by Crippen LogP contribution is -2.20. The molecule has 5 heteroatoms. The Morgan fingerprint density at radius 1 is 1.36 bits per heavy atom. The molecule has 0 unspecified atom stereocenters. The van der Waals surface area contributed by atoms with Gasteiger partial charge in [-0.1, -0.05) is 11.3 Å². The fraction of sp³-hybridized carbons (Fsp3) is 0.778. The Hall–Kier alpha value is -0.190. The summed E-state index contributed by atoms with van der Waals surface area (Å²) in [6, 6.07) is 0. The predicted octanol–water partition coefficient (Wildman–Crippen LogP) is 2.18. The highest BCUT2D eigenvalue weighted by Crippen LogP contribution is 2.52. The molecular formula is C9H12ClN3S. The summed E-state index contributed by atoms with van der Waals surface area (Å²) in [5.74, 6) is 0. The van der Waals surface area contributed by atoms with Crippen LogP contribution in [-0.4, -0.2) is 28.2 Å². The number of likely N-dealkylation sites (tertiary alicyclic amines) is 1. The molecule has 3 rings (SSSR count). The Balaban J connectivity index is 1.63. The maximum Gasteiger partial charge on any atom is 0.207 e. The van der Waals surface area contributed by atoms with Gasteiger partial charge in [-0.15, -0.1) is 10.2 Å². The van der Waals surface area contributed by atoms with Gasteiger partial charge in [-0.2, -0.15) is 0 Å². The van der Waals surface area contributed by atoms with E-state index in [1.54, 1.807) is 0 Å². The van der Waals surface area contributed by atoms with Crippen molar-refractivity contribution in [2.24, 2.45) is 5.41 Å². The molecule has 1 aliphatic carbocycles. The van der Waals surface area contributed by atoms with Gasteiger partial charge in [0.05, 0.1) is 6.54 Å². The summed E-state index contributed by atoms with van der Waals surface area (Å²) in [5, 5.41) is 8.91. The molecule has 3 nitrogen and oxygen atoms in total. The first-order valence-electron chi connectivity index (χ1n) is 4.96. The molecule has 2 fully saturated rings. The first-order valence-corrected chi connectivity index (χ1v) is 6.16. The molecule has 0 N–H and O–H groups in total. The Labute approximate surface area is 92.1 Å². The number of hydrogen-bond donors (Lipinski definition) is 0. The molecule has 0 atom stereocenters. The van der Waals surface area contributed by atoms with Crippen LogP contribution in [0.1, 0.15) is 24.3 Å². The minimum Gasteiger partial charge on any atom is -0.296 e. The monoisotopic (exact) mass is 229 g/mol. The summed E-state index contributed by atoms with van der Waals surface area (Å²) in [5.41, 5.74) is 0.703. The van der Waals surface area contributed by atoms with Gasteiger partial charge in [0.2, 0.25) is 4.47 Å². The Morgan fingerprint density at radius 3 is 2.79 bits per heavy atom. The van der Waals surface area contributed by atoms with E-state index < -0.39 is 0 Å². The van der Waals surface area contributed by atoms with E-state index in [2.05, 4.69) is 15.1 Å². The van der Waals surface area contributed by atoms with Gasteiger partial charge >= 0.3 is 0 Å². The predicted molar refractivity (Wildman–Crippen MR) is 56.5 cm³/mol. The third kappa shape index (κ3) is 1.66. The molecule has 1 aromatic heterocycles. The molecule has 1 saturated carbocycles. The summed E-state index contributed by atoms with van der Waals surface area (Å²) in [4.78, 5) is 2.48. The molecule has 1 saturated heterocycles. The normalized spacial score (nSPS) is 24.6. The van der Waals surface area contributed by atoms with Gasteiger partial charge in [-0.25, -0.2) is 0 Å². The maximum atomic E-state index is 5.74. The minimum atomic E-state index is 0.556. The van der Waals surface area contributed by atoms with Gasteiger partial charge in [-0.05, 0) is 42.8 Å². The van der Waals surface area contributed by atoms with Crippen LogP contribution in [0.4, 0.5) is 0 Å². The summed E-state index contributed by atoms with van der Waals surface area (Å²) in [6.07, 6.45) is 4.24. The fourth-order valence-electron chi connectivity index (χ4n) is 2.24. The molecule has 1 aromatic rings. The number of hydrogen-bond acceptors (Lipinski definition) is 4. The smallest absolute Gasteiger partial charge is 0.207 e. The molecule has 2 heterocycles. The van der Waals surface area contributed by atoms with E-state index in [4.69, 9.17) is 11.6 Å². The number of rotatable bonds is 2. The highest BCUT2D eigenvalue weighted by molar-refractivity contribution is 7.15. The second-order valence-corrected chi connectivity index (χ2v) is 6.05. The van der Waals surface area contributed by atoms with E-state index >= 15 is 0 Å². The van der Waals surface area contributed by atoms with Gasteiger partial charge in [-0.3, -0.25) is 4.90 Å². The van der Waals surface area contributed by atoms with Crippen LogP contribution in [0.2, 0.25) is 4.47 Å². The molecule has 0 radical (unpaired) electrons. The average Bonchev–Trinajstić information content (AvgIpc) is 2.58. The largest absolute Gasteiger partial charge is 0.296 e. The van der Waals surface area contributed by atoms with Crippen LogP contribution in [0.25, 0.3) is 0 Å². The van der Waals surface area contributed by atoms with Gasteiger partial charge in [0.15, 0.2) is 0 Å². The minimum absolute atomic E-state index is 0.556. The molecule has 1 spiro atoms. The van der Waals surface area contributed by atoms with E-state index in [0.717, 1.165) is 11.6 Å². The zero-order valence-corrected chi connectivity index (χ0v) is 9.44. The third-order valence-electron chi connectivity index (χ3n) is 3.28. The van der Waals surface area contributed by atoms with E-state index in [0.29, 0.717) is 9.88 Å². The average molecular weight is 230 g/mol. The lowest BCUT2D eigenvalue weighted by Gasteiger charge is -2.12. The van der Waals surface area contributed by atoms with Crippen LogP contribution >= 0.6 is 22.9 Å². The summed E-state index contributed by atoms with van der Waals surface area (Å²) >= 11 is 7.24. The lowest BCUT2D eigenvalue weighted by molar-refractivity contribution is 0.311. The van der Waals surface area contributed by atoms with Crippen LogP contribution in [0, 0.1) is 5.41 Å². The number of aromatic nitrogens is 2. The van der Waals surface area contributed by atoms with Crippen molar-refractivity contribution in [3.8, 4) is 0 Å². The van der Waals surface area contributed by atoms with Crippen molar-refractivity contribution in [3.63, 3.8) is 0 Å². The van der Waals surface area contributed by atoms with Crippen LogP contribution in [0.3, 0.4) is 0 Å². The second-order valence-electron chi connectivity index (χ2n) is 4.41. The van der Waals surface area contributed by atoms with Gasteiger partial charge in [0.1, 0.15) is 5.01 Å². The third-order valence-corrected chi connectivity index (χ3v) is 4.28. The van der Waals surface area contributed by atoms with Crippen LogP contribution in [-0.2, 0) is 6.54 Å². The number of halogens is 1. The van der Waals surface area contributed by atoms with Gasteiger partial charge < -0.3 is 0 Å². The molecule has 76 valence electrons. The molecule has 1 aliphatic heterocycles. The summed E-state index contributed by atoms with van der Waals surface area (Å²) in [7, 11) is 0. The standard InChI is InChI=1S/C9H12ClN3S/c10-8-12-11-7(14-8)5-13-4-3-9(6-13)1-2-9/h1-6H2. The zero-order valence-electron chi connectivity index (χ0n) is 7.87. The first kappa shape index (κ1) is 9.07. The Bertz CT molecular complexity index is 348. The van der Waals surface area contributed by atoms with E-state index in [-0.39, 0.29) is 0 Å². The Morgan fingerprint density at radius 2 is 2.21 bits per heavy atom. The van der Waals surface area contributed by atoms with Crippen LogP contribution in [0.15, 0.2) is 0 Å². The highest BCUT2D eigenvalue weighted by Gasteiger charge is 2.47. The lowest BCUT2D eigenvalue weighted by atomic mass is 10.1. The van der Waals surface area contributed by atoms with Crippen molar-refractivity contribution in [1.82, 2.24) is 15.1 Å². The van der Waals surface area contributed by atoms with Crippen molar-refractivity contribution in [1.29, 1.82) is 0 Å². The van der Waals surface area contributed by atoms with E-state index in [1.807, 2.05) is 0 Å². The Kier molecular flexibility index (Phi) is 2.04. The fourth-order valence-corrected chi connectivity index (χ4v) is 3.15. The quantitative estimate of drug-likeness (QED) is 0.779. The van der Waals surface area contributed by atoms with Crippen molar-refractivity contribution in [3.05, 3.63) is 9.47 Å². The molecule has 0 aromatic carbocycles. The topological polar surface area (TPSA) is 29.0 Å². The SMILES string of the molecule is Clc1nnc(CN2CCC3(CC3)C2)s1. The van der Waals surface area contributed by atoms with Crippen LogP contribution in [0.5, 0.6) is 0 Å². The highest BCUT2D eigenvalue weighted by atomic mass is 35.5. The summed E-state index contributed by atoms with van der Waals surface area (Å²) < 4.78 is 0.556. The molecular weight excluding hydrogens is 218 g/mol. The van der Waals surface area contributed by atoms with E-state index in [1.165, 1.54) is 43.7 Å². The summed E-state index contributed by atoms with van der Waals surface area (Å²) in [6.45, 7) is 3.41. The molecule has 14 heavy (non-hydrogen) atoms. The van der Waals surface area contributed by atoms with E-state index in [9.17, 15) is 0 Å². The van der Waals surface area contributed by atoms with Crippen molar-refractivity contribution in [2.45, 2.75) is 25.8 Å². The van der Waals surface area contributed by atoms with Gasteiger partial charge in [0.25, 0.3) is 0 Å².